The Morgan fingerprint density at radius 2 is 2.21 bits per heavy atom. The van der Waals surface area contributed by atoms with Crippen molar-refractivity contribution in [1.82, 2.24) is 19.3 Å². The Labute approximate surface area is 153 Å². The lowest BCUT2D eigenvalue weighted by molar-refractivity contribution is -0.0408. The van der Waals surface area contributed by atoms with Gasteiger partial charge < -0.3 is 14.0 Å². The zero-order valence-corrected chi connectivity index (χ0v) is 15.6. The van der Waals surface area contributed by atoms with Crippen LogP contribution in [0.5, 0.6) is 0 Å². The van der Waals surface area contributed by atoms with Gasteiger partial charge in [-0.25, -0.2) is 4.98 Å². The number of hydrogen-bond acceptors (Lipinski definition) is 4. The summed E-state index contributed by atoms with van der Waals surface area (Å²) in [4.78, 5) is 4.47. The lowest BCUT2D eigenvalue weighted by Crippen LogP contribution is -2.31. The highest BCUT2D eigenvalue weighted by Gasteiger charge is 2.19. The van der Waals surface area contributed by atoms with Gasteiger partial charge in [-0.2, -0.15) is 5.10 Å². The van der Waals surface area contributed by atoms with Crippen LogP contribution in [0.4, 0.5) is 0 Å². The molecule has 1 fully saturated rings. The van der Waals surface area contributed by atoms with Gasteiger partial charge in [0.25, 0.3) is 0 Å². The fourth-order valence-corrected chi connectivity index (χ4v) is 3.79. The number of rotatable bonds is 6. The first-order valence-corrected chi connectivity index (χ1v) is 9.08. The predicted molar refractivity (Wildman–Crippen MR) is 99.9 cm³/mol. The number of hydrogen-bond donors (Lipinski definition) is 0. The Morgan fingerprint density at radius 1 is 1.33 bits per heavy atom. The molecule has 3 aromatic rings. The maximum Gasteiger partial charge on any atom is 0.181 e. The molecule has 0 atom stereocenters. The van der Waals surface area contributed by atoms with Gasteiger partial charge in [0.05, 0.1) is 23.5 Å². The SMILES string of the molecule is COCCn1c(I)cc2cc(-c3ncn(CC4COC4)n3)ccc21. The van der Waals surface area contributed by atoms with Crippen LogP contribution >= 0.6 is 22.6 Å². The average molecular weight is 438 g/mol. The van der Waals surface area contributed by atoms with E-state index in [0.29, 0.717) is 12.5 Å². The molecule has 0 N–H and O–H groups in total. The summed E-state index contributed by atoms with van der Waals surface area (Å²) in [5.74, 6) is 1.34. The maximum atomic E-state index is 5.21. The molecule has 0 amide bonds. The molecule has 0 spiro atoms. The Hall–Kier alpha value is -1.45. The van der Waals surface area contributed by atoms with Gasteiger partial charge in [0.2, 0.25) is 0 Å². The van der Waals surface area contributed by atoms with Gasteiger partial charge in [-0.15, -0.1) is 0 Å². The van der Waals surface area contributed by atoms with Crippen molar-refractivity contribution in [3.8, 4) is 11.4 Å². The van der Waals surface area contributed by atoms with Crippen LogP contribution in [0.15, 0.2) is 30.6 Å². The summed E-state index contributed by atoms with van der Waals surface area (Å²) in [6, 6.07) is 8.58. The molecular formula is C17H19IN4O2. The lowest BCUT2D eigenvalue weighted by Gasteiger charge is -2.25. The van der Waals surface area contributed by atoms with Crippen molar-refractivity contribution in [3.05, 3.63) is 34.3 Å². The first-order chi connectivity index (χ1) is 11.7. The van der Waals surface area contributed by atoms with E-state index in [1.165, 1.54) is 14.6 Å². The molecule has 24 heavy (non-hydrogen) atoms. The maximum absolute atomic E-state index is 5.21. The van der Waals surface area contributed by atoms with Gasteiger partial charge in [0.1, 0.15) is 6.33 Å². The topological polar surface area (TPSA) is 54.1 Å². The number of nitrogens with zero attached hydrogens (tertiary/aromatic N) is 4. The summed E-state index contributed by atoms with van der Waals surface area (Å²) in [7, 11) is 1.73. The molecule has 1 saturated heterocycles. The van der Waals surface area contributed by atoms with Gasteiger partial charge in [-0.3, -0.25) is 4.68 Å². The van der Waals surface area contributed by atoms with E-state index in [9.17, 15) is 0 Å². The summed E-state index contributed by atoms with van der Waals surface area (Å²) in [6.07, 6.45) is 1.81. The van der Waals surface area contributed by atoms with E-state index in [1.54, 1.807) is 7.11 Å². The largest absolute Gasteiger partial charge is 0.383 e. The molecule has 1 aromatic carbocycles. The van der Waals surface area contributed by atoms with E-state index in [1.807, 2.05) is 11.0 Å². The highest BCUT2D eigenvalue weighted by molar-refractivity contribution is 14.1. The summed E-state index contributed by atoms with van der Waals surface area (Å²) < 4.78 is 15.8. The fraction of sp³-hybridized carbons (Fsp3) is 0.412. The summed E-state index contributed by atoms with van der Waals surface area (Å²) in [6.45, 7) is 4.09. The quantitative estimate of drug-likeness (QED) is 0.556. The van der Waals surface area contributed by atoms with E-state index in [2.05, 4.69) is 61.5 Å². The summed E-state index contributed by atoms with van der Waals surface area (Å²) >= 11 is 2.37. The van der Waals surface area contributed by atoms with E-state index in [0.717, 1.165) is 37.7 Å². The molecule has 0 unspecified atom stereocenters. The van der Waals surface area contributed by atoms with E-state index < -0.39 is 0 Å². The van der Waals surface area contributed by atoms with Crippen LogP contribution in [0.25, 0.3) is 22.3 Å². The van der Waals surface area contributed by atoms with Crippen LogP contribution in [0.2, 0.25) is 0 Å². The van der Waals surface area contributed by atoms with Crippen LogP contribution in [0.1, 0.15) is 0 Å². The molecule has 126 valence electrons. The second kappa shape index (κ2) is 6.81. The van der Waals surface area contributed by atoms with Crippen LogP contribution in [-0.2, 0) is 22.6 Å². The molecule has 0 saturated carbocycles. The van der Waals surface area contributed by atoms with Crippen molar-refractivity contribution in [2.45, 2.75) is 13.1 Å². The van der Waals surface area contributed by atoms with E-state index in [-0.39, 0.29) is 0 Å². The summed E-state index contributed by atoms with van der Waals surface area (Å²) in [5.41, 5.74) is 2.26. The molecule has 2 aromatic heterocycles. The van der Waals surface area contributed by atoms with Gasteiger partial charge in [-0.05, 0) is 46.9 Å². The minimum atomic E-state index is 0.568. The average Bonchev–Trinajstić information content (AvgIpc) is 3.12. The molecule has 0 aliphatic carbocycles. The molecule has 3 heterocycles. The Bertz CT molecular complexity index is 854. The van der Waals surface area contributed by atoms with Gasteiger partial charge >= 0.3 is 0 Å². The second-order valence-electron chi connectivity index (χ2n) is 6.08. The number of methoxy groups -OCH3 is 1. The predicted octanol–water partition coefficient (Wildman–Crippen LogP) is 2.80. The monoisotopic (exact) mass is 438 g/mol. The van der Waals surface area contributed by atoms with Crippen LogP contribution in [-0.4, -0.2) is 46.3 Å². The molecule has 0 bridgehead atoms. The fourth-order valence-electron chi connectivity index (χ4n) is 2.96. The van der Waals surface area contributed by atoms with E-state index >= 15 is 0 Å². The van der Waals surface area contributed by atoms with Crippen molar-refractivity contribution in [2.24, 2.45) is 5.92 Å². The van der Waals surface area contributed by atoms with Crippen LogP contribution < -0.4 is 0 Å². The third-order valence-corrected chi connectivity index (χ3v) is 5.21. The molecule has 1 aliphatic heterocycles. The van der Waals surface area contributed by atoms with Gasteiger partial charge in [0, 0.05) is 42.6 Å². The number of benzene rings is 1. The van der Waals surface area contributed by atoms with Gasteiger partial charge in [0.15, 0.2) is 5.82 Å². The number of fused-ring (bicyclic) bond motifs is 1. The minimum absolute atomic E-state index is 0.568. The number of aromatic nitrogens is 4. The number of ether oxygens (including phenoxy) is 2. The van der Waals surface area contributed by atoms with Crippen molar-refractivity contribution in [3.63, 3.8) is 0 Å². The molecule has 7 heteroatoms. The molecular weight excluding hydrogens is 419 g/mol. The summed E-state index contributed by atoms with van der Waals surface area (Å²) in [5, 5.41) is 5.81. The standard InChI is InChI=1S/C17H19IN4O2/c1-23-5-4-22-15-3-2-13(6-14(15)7-16(22)18)17-19-11-21(20-17)8-12-9-24-10-12/h2-3,6-7,11-12H,4-5,8-10H2,1H3. The zero-order chi connectivity index (χ0) is 16.5. The highest BCUT2D eigenvalue weighted by atomic mass is 127. The zero-order valence-electron chi connectivity index (χ0n) is 13.5. The van der Waals surface area contributed by atoms with Crippen molar-refractivity contribution in [1.29, 1.82) is 0 Å². The van der Waals surface area contributed by atoms with Crippen molar-refractivity contribution in [2.75, 3.05) is 26.9 Å². The molecule has 1 aliphatic rings. The minimum Gasteiger partial charge on any atom is -0.383 e. The Kier molecular flexibility index (Phi) is 4.55. The normalized spacial score (nSPS) is 15.1. The Morgan fingerprint density at radius 3 is 2.96 bits per heavy atom. The van der Waals surface area contributed by atoms with Crippen molar-refractivity contribution >= 4 is 33.5 Å². The Balaban J connectivity index is 1.60. The molecule has 4 rings (SSSR count). The highest BCUT2D eigenvalue weighted by Crippen LogP contribution is 2.26. The lowest BCUT2D eigenvalue weighted by atomic mass is 10.1. The number of halogens is 1. The third kappa shape index (κ3) is 3.07. The van der Waals surface area contributed by atoms with Gasteiger partial charge in [-0.1, -0.05) is 0 Å². The second-order valence-corrected chi connectivity index (χ2v) is 7.18. The van der Waals surface area contributed by atoms with Crippen LogP contribution in [0.3, 0.4) is 0 Å². The van der Waals surface area contributed by atoms with Crippen LogP contribution in [0, 0.1) is 9.62 Å². The first kappa shape index (κ1) is 16.0. The van der Waals surface area contributed by atoms with Crippen molar-refractivity contribution < 1.29 is 9.47 Å². The first-order valence-electron chi connectivity index (χ1n) is 8.00. The molecule has 0 radical (unpaired) electrons. The van der Waals surface area contributed by atoms with E-state index in [4.69, 9.17) is 9.47 Å². The smallest absolute Gasteiger partial charge is 0.181 e. The molecule has 6 nitrogen and oxygen atoms in total. The third-order valence-electron chi connectivity index (χ3n) is 4.32.